The third-order valence-electron chi connectivity index (χ3n) is 4.99. The zero-order chi connectivity index (χ0) is 21.1. The number of halogens is 3. The molecule has 6 nitrogen and oxygen atoms in total. The maximum Gasteiger partial charge on any atom is 0.416 e. The molecule has 0 saturated carbocycles. The lowest BCUT2D eigenvalue weighted by atomic mass is 10.1. The van der Waals surface area contributed by atoms with Gasteiger partial charge in [0.15, 0.2) is 0 Å². The number of nitrogens with zero attached hydrogens (tertiary/aromatic N) is 3. The van der Waals surface area contributed by atoms with Gasteiger partial charge < -0.3 is 15.0 Å². The number of nitrogens with one attached hydrogen (secondary N) is 1. The predicted octanol–water partition coefficient (Wildman–Crippen LogP) is 4.72. The largest absolute Gasteiger partial charge is 0.473 e. The van der Waals surface area contributed by atoms with E-state index < -0.39 is 17.8 Å². The number of aromatic nitrogens is 2. The zero-order valence-electron chi connectivity index (χ0n) is 15.9. The molecule has 4 rings (SSSR count). The van der Waals surface area contributed by atoms with E-state index in [-0.39, 0.29) is 11.8 Å². The van der Waals surface area contributed by atoms with Crippen molar-refractivity contribution in [3.05, 3.63) is 60.3 Å². The third-order valence-corrected chi connectivity index (χ3v) is 4.99. The van der Waals surface area contributed by atoms with E-state index in [9.17, 15) is 18.0 Å². The van der Waals surface area contributed by atoms with Crippen LogP contribution in [0.4, 0.5) is 23.7 Å². The smallest absolute Gasteiger partial charge is 0.416 e. The Labute approximate surface area is 170 Å². The molecule has 0 radical (unpaired) electrons. The van der Waals surface area contributed by atoms with Crippen LogP contribution < -0.4 is 10.1 Å². The van der Waals surface area contributed by atoms with Crippen LogP contribution in [0.1, 0.15) is 18.4 Å². The van der Waals surface area contributed by atoms with Crippen molar-refractivity contribution in [2.24, 2.45) is 0 Å². The van der Waals surface area contributed by atoms with E-state index in [0.29, 0.717) is 31.8 Å². The summed E-state index contributed by atoms with van der Waals surface area (Å²) in [5.74, 6) is 0.458. The molecular weight excluding hydrogens is 397 g/mol. The predicted molar refractivity (Wildman–Crippen MR) is 105 cm³/mol. The summed E-state index contributed by atoms with van der Waals surface area (Å²) in [7, 11) is 0. The molecule has 0 bridgehead atoms. The monoisotopic (exact) mass is 416 g/mol. The van der Waals surface area contributed by atoms with Crippen molar-refractivity contribution in [2.45, 2.75) is 25.1 Å². The number of urea groups is 1. The van der Waals surface area contributed by atoms with Crippen molar-refractivity contribution >= 4 is 22.5 Å². The molecule has 2 amide bonds. The second kappa shape index (κ2) is 8.17. The molecule has 0 aliphatic carbocycles. The second-order valence-corrected chi connectivity index (χ2v) is 7.05. The number of rotatable bonds is 3. The van der Waals surface area contributed by atoms with Crippen LogP contribution >= 0.6 is 0 Å². The Morgan fingerprint density at radius 3 is 2.63 bits per heavy atom. The van der Waals surface area contributed by atoms with Crippen LogP contribution in [0, 0.1) is 0 Å². The number of benzene rings is 2. The number of piperidine rings is 1. The van der Waals surface area contributed by atoms with Gasteiger partial charge in [-0.1, -0.05) is 24.3 Å². The van der Waals surface area contributed by atoms with E-state index in [2.05, 4.69) is 15.5 Å². The molecule has 1 fully saturated rings. The molecular formula is C21H19F3N4O2. The minimum Gasteiger partial charge on any atom is -0.473 e. The van der Waals surface area contributed by atoms with Crippen LogP contribution in [-0.4, -0.2) is 40.3 Å². The molecule has 1 aliphatic rings. The highest BCUT2D eigenvalue weighted by Crippen LogP contribution is 2.31. The summed E-state index contributed by atoms with van der Waals surface area (Å²) in [4.78, 5) is 14.0. The average Bonchev–Trinajstić information content (AvgIpc) is 2.74. The maximum atomic E-state index is 12.8. The molecule has 9 heteroatoms. The Hall–Kier alpha value is -3.36. The molecule has 0 spiro atoms. The van der Waals surface area contributed by atoms with Crippen molar-refractivity contribution in [1.82, 2.24) is 15.1 Å². The van der Waals surface area contributed by atoms with Crippen LogP contribution in [0.15, 0.2) is 54.7 Å². The summed E-state index contributed by atoms with van der Waals surface area (Å²) in [6.07, 6.45) is -1.74. The topological polar surface area (TPSA) is 67.4 Å². The maximum absolute atomic E-state index is 12.8. The number of carbonyl (C=O) groups excluding carboxylic acids is 1. The summed E-state index contributed by atoms with van der Waals surface area (Å²) < 4.78 is 44.5. The minimum atomic E-state index is -4.46. The van der Waals surface area contributed by atoms with Crippen molar-refractivity contribution in [1.29, 1.82) is 0 Å². The van der Waals surface area contributed by atoms with E-state index >= 15 is 0 Å². The van der Waals surface area contributed by atoms with Gasteiger partial charge in [-0.25, -0.2) is 4.79 Å². The number of hydrogen-bond acceptors (Lipinski definition) is 4. The normalized spacial score (nSPS) is 15.2. The van der Waals surface area contributed by atoms with Gasteiger partial charge in [0, 0.05) is 42.4 Å². The second-order valence-electron chi connectivity index (χ2n) is 7.05. The molecule has 1 saturated heterocycles. The van der Waals surface area contributed by atoms with E-state index in [1.807, 2.05) is 24.3 Å². The molecule has 2 aromatic carbocycles. The van der Waals surface area contributed by atoms with E-state index in [1.54, 1.807) is 11.1 Å². The summed E-state index contributed by atoms with van der Waals surface area (Å²) in [5.41, 5.74) is -0.692. The highest BCUT2D eigenvalue weighted by molar-refractivity contribution is 5.89. The number of alkyl halides is 3. The van der Waals surface area contributed by atoms with Crippen molar-refractivity contribution < 1.29 is 22.7 Å². The lowest BCUT2D eigenvalue weighted by Crippen LogP contribution is -2.43. The summed E-state index contributed by atoms with van der Waals surface area (Å²) >= 11 is 0. The van der Waals surface area contributed by atoms with Gasteiger partial charge in [0.2, 0.25) is 5.88 Å². The summed E-state index contributed by atoms with van der Waals surface area (Å²) in [6.45, 7) is 0.849. The van der Waals surface area contributed by atoms with Crippen LogP contribution in [0.5, 0.6) is 5.88 Å². The number of likely N-dealkylation sites (tertiary alicyclic amines) is 1. The van der Waals surface area contributed by atoms with Crippen LogP contribution in [0.2, 0.25) is 0 Å². The highest BCUT2D eigenvalue weighted by atomic mass is 19.4. The molecule has 1 N–H and O–H groups in total. The molecule has 156 valence electrons. The van der Waals surface area contributed by atoms with Gasteiger partial charge in [-0.15, -0.1) is 5.10 Å². The van der Waals surface area contributed by atoms with Gasteiger partial charge in [0.05, 0.1) is 11.8 Å². The Morgan fingerprint density at radius 2 is 1.87 bits per heavy atom. The van der Waals surface area contributed by atoms with Gasteiger partial charge in [0.25, 0.3) is 0 Å². The minimum absolute atomic E-state index is 0.110. The van der Waals surface area contributed by atoms with Crippen molar-refractivity contribution in [2.75, 3.05) is 18.4 Å². The third kappa shape index (κ3) is 4.45. The van der Waals surface area contributed by atoms with Crippen molar-refractivity contribution in [3.8, 4) is 5.88 Å². The number of anilines is 1. The van der Waals surface area contributed by atoms with Gasteiger partial charge in [-0.2, -0.15) is 18.3 Å². The van der Waals surface area contributed by atoms with Gasteiger partial charge >= 0.3 is 12.2 Å². The fourth-order valence-corrected chi connectivity index (χ4v) is 3.40. The van der Waals surface area contributed by atoms with Gasteiger partial charge in [0.1, 0.15) is 6.10 Å². The summed E-state index contributed by atoms with van der Waals surface area (Å²) in [5, 5.41) is 12.4. The molecule has 3 aromatic rings. The number of amides is 2. The Balaban J connectivity index is 1.35. The lowest BCUT2D eigenvalue weighted by Gasteiger charge is -2.32. The molecule has 1 aliphatic heterocycles. The summed E-state index contributed by atoms with van der Waals surface area (Å²) in [6, 6.07) is 11.8. The first-order chi connectivity index (χ1) is 14.4. The Bertz CT molecular complexity index is 1040. The molecule has 0 atom stereocenters. The standard InChI is InChI=1S/C21H19F3N4O2/c22-21(23,24)15-5-3-6-16(12-15)26-20(29)28-10-8-17(9-11-28)30-19-18-7-2-1-4-14(18)13-25-27-19/h1-7,12-13,17H,8-11H2,(H,26,29). The lowest BCUT2D eigenvalue weighted by molar-refractivity contribution is -0.137. The Kier molecular flexibility index (Phi) is 5.43. The number of ether oxygens (including phenoxy) is 1. The molecule has 1 aromatic heterocycles. The first kappa shape index (κ1) is 19.9. The first-order valence-electron chi connectivity index (χ1n) is 9.50. The zero-order valence-corrected chi connectivity index (χ0v) is 15.9. The van der Waals surface area contributed by atoms with Gasteiger partial charge in [-0.3, -0.25) is 0 Å². The molecule has 0 unspecified atom stereocenters. The SMILES string of the molecule is O=C(Nc1cccc(C(F)(F)F)c1)N1CCC(Oc2nncc3ccccc23)CC1. The number of hydrogen-bond donors (Lipinski definition) is 1. The molecule has 30 heavy (non-hydrogen) atoms. The molecule has 2 heterocycles. The Morgan fingerprint density at radius 1 is 1.10 bits per heavy atom. The highest BCUT2D eigenvalue weighted by Gasteiger charge is 2.31. The van der Waals surface area contributed by atoms with E-state index in [4.69, 9.17) is 4.74 Å². The van der Waals surface area contributed by atoms with Crippen molar-refractivity contribution in [3.63, 3.8) is 0 Å². The van der Waals surface area contributed by atoms with Crippen LogP contribution in [-0.2, 0) is 6.18 Å². The number of carbonyl (C=O) groups is 1. The average molecular weight is 416 g/mol. The van der Waals surface area contributed by atoms with Gasteiger partial charge in [-0.05, 0) is 24.3 Å². The van der Waals surface area contributed by atoms with Crippen LogP contribution in [0.25, 0.3) is 10.8 Å². The quantitative estimate of drug-likeness (QED) is 0.671. The first-order valence-corrected chi connectivity index (χ1v) is 9.50. The van der Waals surface area contributed by atoms with E-state index in [0.717, 1.165) is 22.9 Å². The fraction of sp³-hybridized carbons (Fsp3) is 0.286. The van der Waals surface area contributed by atoms with E-state index in [1.165, 1.54) is 12.1 Å². The fourth-order valence-electron chi connectivity index (χ4n) is 3.40. The number of fused-ring (bicyclic) bond motifs is 1. The van der Waals surface area contributed by atoms with Crippen LogP contribution in [0.3, 0.4) is 0 Å².